The van der Waals surface area contributed by atoms with Crippen LogP contribution in [0.5, 0.6) is 0 Å². The minimum Gasteiger partial charge on any atom is -0.382 e. The van der Waals surface area contributed by atoms with Gasteiger partial charge in [-0.2, -0.15) is 28.2 Å². The van der Waals surface area contributed by atoms with Crippen molar-refractivity contribution in [2.24, 2.45) is 5.41 Å². The van der Waals surface area contributed by atoms with E-state index in [-0.39, 0.29) is 34.8 Å². The Hall–Kier alpha value is -3.18. The molecule has 3 heterocycles. The van der Waals surface area contributed by atoms with Crippen molar-refractivity contribution in [1.82, 2.24) is 29.3 Å². The lowest BCUT2D eigenvalue weighted by molar-refractivity contribution is -0.137. The van der Waals surface area contributed by atoms with E-state index in [4.69, 9.17) is 5.73 Å². The second-order valence-electron chi connectivity index (χ2n) is 7.14. The number of imidazole rings is 1. The summed E-state index contributed by atoms with van der Waals surface area (Å²) in [7, 11) is 0. The lowest BCUT2D eigenvalue weighted by atomic mass is 9.96. The van der Waals surface area contributed by atoms with Crippen LogP contribution in [0.25, 0.3) is 17.1 Å². The number of rotatable bonds is 3. The fourth-order valence-corrected chi connectivity index (χ4v) is 2.40. The number of nitrogens with zero attached hydrogens (tertiary/aromatic N) is 6. The second-order valence-corrected chi connectivity index (χ2v) is 7.14. The fourth-order valence-electron chi connectivity index (χ4n) is 2.40. The molecular formula is C16H19F3N8O. The molecule has 3 aromatic heterocycles. The van der Waals surface area contributed by atoms with Crippen molar-refractivity contribution >= 4 is 28.8 Å². The first-order valence-electron chi connectivity index (χ1n) is 8.39. The third-order valence-electron chi connectivity index (χ3n) is 3.94. The van der Waals surface area contributed by atoms with Crippen LogP contribution in [0.4, 0.5) is 24.9 Å². The number of hydrogen-bond acceptors (Lipinski definition) is 6. The van der Waals surface area contributed by atoms with Crippen LogP contribution in [0.2, 0.25) is 0 Å². The number of nitrogens with two attached hydrogens (primary N) is 1. The van der Waals surface area contributed by atoms with E-state index in [9.17, 15) is 18.0 Å². The molecule has 0 bridgehead atoms. The van der Waals surface area contributed by atoms with Crippen LogP contribution in [0.3, 0.4) is 0 Å². The number of carbonyl (C=O) groups excluding carboxylic acids is 1. The van der Waals surface area contributed by atoms with Crippen molar-refractivity contribution in [3.63, 3.8) is 0 Å². The van der Waals surface area contributed by atoms with Crippen LogP contribution in [-0.2, 0) is 17.5 Å². The fraction of sp³-hybridized carbons (Fsp3) is 0.438. The number of halogens is 3. The topological polar surface area (TPSA) is 117 Å². The van der Waals surface area contributed by atoms with Crippen LogP contribution < -0.4 is 11.1 Å². The molecule has 0 aliphatic heterocycles. The maximum Gasteiger partial charge on any atom is 0.419 e. The van der Waals surface area contributed by atoms with Gasteiger partial charge in [0.15, 0.2) is 17.0 Å². The van der Waals surface area contributed by atoms with Gasteiger partial charge < -0.3 is 5.73 Å². The van der Waals surface area contributed by atoms with E-state index in [0.717, 1.165) is 10.9 Å². The van der Waals surface area contributed by atoms with E-state index in [1.165, 1.54) is 4.57 Å². The van der Waals surface area contributed by atoms with E-state index in [0.29, 0.717) is 12.7 Å². The van der Waals surface area contributed by atoms with Crippen molar-refractivity contribution in [3.8, 4) is 5.95 Å². The van der Waals surface area contributed by atoms with E-state index in [2.05, 4.69) is 25.4 Å². The molecule has 0 aliphatic carbocycles. The number of hydrogen-bond donors (Lipinski definition) is 2. The third kappa shape index (κ3) is 3.49. The summed E-state index contributed by atoms with van der Waals surface area (Å²) in [6.07, 6.45) is -2.98. The number of aryl methyl sites for hydroxylation is 1. The predicted molar refractivity (Wildman–Crippen MR) is 95.6 cm³/mol. The predicted octanol–water partition coefficient (Wildman–Crippen LogP) is 2.62. The van der Waals surface area contributed by atoms with Gasteiger partial charge in [-0.05, 0) is 6.92 Å². The van der Waals surface area contributed by atoms with Crippen LogP contribution in [0.1, 0.15) is 33.3 Å². The van der Waals surface area contributed by atoms with Gasteiger partial charge in [0.25, 0.3) is 0 Å². The summed E-state index contributed by atoms with van der Waals surface area (Å²) in [5, 5.41) is 6.33. The van der Waals surface area contributed by atoms with Crippen LogP contribution in [0, 0.1) is 5.41 Å². The monoisotopic (exact) mass is 396 g/mol. The summed E-state index contributed by atoms with van der Waals surface area (Å²) in [4.78, 5) is 24.7. The van der Waals surface area contributed by atoms with Gasteiger partial charge in [-0.3, -0.25) is 14.7 Å². The molecule has 0 fully saturated rings. The number of nitrogens with one attached hydrogen (secondary N) is 1. The molecule has 0 aliphatic rings. The van der Waals surface area contributed by atoms with Crippen molar-refractivity contribution in [3.05, 3.63) is 18.0 Å². The molecule has 1 amide bonds. The van der Waals surface area contributed by atoms with E-state index in [1.54, 1.807) is 27.7 Å². The highest BCUT2D eigenvalue weighted by Crippen LogP contribution is 2.30. The number of amides is 1. The standard InChI is InChI=1S/C16H19F3N8O/c1-5-26-11-9(10(20)23-13(24-11)25-12(28)15(2,3)4)22-14(26)27-7-8(6-21-27)16(17,18)19/h6-7H,5H2,1-4H3,(H3,20,23,24,25,28). The number of nitrogen functional groups attached to an aromatic ring is 1. The number of carbonyl (C=O) groups is 1. The van der Waals surface area contributed by atoms with Crippen LogP contribution in [0.15, 0.2) is 12.4 Å². The largest absolute Gasteiger partial charge is 0.419 e. The number of anilines is 2. The van der Waals surface area contributed by atoms with Gasteiger partial charge in [-0.1, -0.05) is 20.8 Å². The van der Waals surface area contributed by atoms with E-state index < -0.39 is 17.2 Å². The molecule has 3 rings (SSSR count). The normalized spacial score (nSPS) is 12.5. The molecule has 0 atom stereocenters. The average Bonchev–Trinajstić information content (AvgIpc) is 3.17. The summed E-state index contributed by atoms with van der Waals surface area (Å²) in [5.41, 5.74) is 4.85. The molecule has 28 heavy (non-hydrogen) atoms. The summed E-state index contributed by atoms with van der Waals surface area (Å²) in [6, 6.07) is 0. The quantitative estimate of drug-likeness (QED) is 0.703. The van der Waals surface area contributed by atoms with Gasteiger partial charge in [0.1, 0.15) is 0 Å². The Morgan fingerprint density at radius 1 is 1.21 bits per heavy atom. The summed E-state index contributed by atoms with van der Waals surface area (Å²) in [6.45, 7) is 7.29. The van der Waals surface area contributed by atoms with Gasteiger partial charge >= 0.3 is 6.18 Å². The Morgan fingerprint density at radius 2 is 1.89 bits per heavy atom. The summed E-state index contributed by atoms with van der Waals surface area (Å²) >= 11 is 0. The van der Waals surface area contributed by atoms with Crippen molar-refractivity contribution in [1.29, 1.82) is 0 Å². The van der Waals surface area contributed by atoms with Crippen molar-refractivity contribution in [2.45, 2.75) is 40.4 Å². The molecular weight excluding hydrogens is 377 g/mol. The van der Waals surface area contributed by atoms with Crippen molar-refractivity contribution in [2.75, 3.05) is 11.1 Å². The van der Waals surface area contributed by atoms with Crippen molar-refractivity contribution < 1.29 is 18.0 Å². The van der Waals surface area contributed by atoms with E-state index in [1.807, 2.05) is 0 Å². The van der Waals surface area contributed by atoms with E-state index >= 15 is 0 Å². The Kier molecular flexibility index (Phi) is 4.52. The highest BCUT2D eigenvalue weighted by Gasteiger charge is 2.33. The third-order valence-corrected chi connectivity index (χ3v) is 3.94. The Bertz CT molecular complexity index is 1040. The molecule has 12 heteroatoms. The zero-order chi connectivity index (χ0) is 20.9. The highest BCUT2D eigenvalue weighted by atomic mass is 19.4. The molecule has 9 nitrogen and oxygen atoms in total. The Balaban J connectivity index is 2.10. The maximum absolute atomic E-state index is 12.9. The molecule has 0 saturated carbocycles. The van der Waals surface area contributed by atoms with Gasteiger partial charge in [0.2, 0.25) is 17.8 Å². The average molecular weight is 396 g/mol. The minimum absolute atomic E-state index is 0.00846. The maximum atomic E-state index is 12.9. The zero-order valence-electron chi connectivity index (χ0n) is 15.7. The number of fused-ring (bicyclic) bond motifs is 1. The highest BCUT2D eigenvalue weighted by molar-refractivity contribution is 5.94. The molecule has 0 unspecified atom stereocenters. The van der Waals surface area contributed by atoms with Gasteiger partial charge in [0.05, 0.1) is 11.8 Å². The summed E-state index contributed by atoms with van der Waals surface area (Å²) in [5.74, 6) is -0.224. The SMILES string of the molecule is CCn1c(-n2cc(C(F)(F)F)cn2)nc2c(N)nc(NC(=O)C(C)(C)C)nc21. The van der Waals surface area contributed by atoms with Crippen LogP contribution in [-0.4, -0.2) is 35.2 Å². The first-order valence-corrected chi connectivity index (χ1v) is 8.39. The number of alkyl halides is 3. The first-order chi connectivity index (χ1) is 12.9. The number of aromatic nitrogens is 6. The molecule has 0 spiro atoms. The summed E-state index contributed by atoms with van der Waals surface area (Å²) < 4.78 is 41.2. The first kappa shape index (κ1) is 19.6. The molecule has 150 valence electrons. The minimum atomic E-state index is -4.52. The zero-order valence-corrected chi connectivity index (χ0v) is 15.7. The lowest BCUT2D eigenvalue weighted by Crippen LogP contribution is -2.28. The van der Waals surface area contributed by atoms with Gasteiger partial charge in [-0.25, -0.2) is 9.67 Å². The lowest BCUT2D eigenvalue weighted by Gasteiger charge is -2.16. The molecule has 0 aromatic carbocycles. The Labute approximate surface area is 157 Å². The van der Waals surface area contributed by atoms with Crippen LogP contribution >= 0.6 is 0 Å². The Morgan fingerprint density at radius 3 is 2.43 bits per heavy atom. The smallest absolute Gasteiger partial charge is 0.382 e. The molecule has 0 saturated heterocycles. The molecule has 0 radical (unpaired) electrons. The molecule has 3 aromatic rings. The van der Waals surface area contributed by atoms with Gasteiger partial charge in [-0.15, -0.1) is 0 Å². The van der Waals surface area contributed by atoms with Gasteiger partial charge in [0, 0.05) is 18.2 Å². The molecule has 3 N–H and O–H groups in total. The second kappa shape index (κ2) is 6.46.